The van der Waals surface area contributed by atoms with Gasteiger partial charge >= 0.3 is 6.18 Å². The first-order valence-corrected chi connectivity index (χ1v) is 5.75. The average molecular weight is 260 g/mol. The Bertz CT molecular complexity index is 506. The second kappa shape index (κ2) is 4.36. The van der Waals surface area contributed by atoms with Crippen molar-refractivity contribution in [2.75, 3.05) is 6.26 Å². The number of hydrogen-bond donors (Lipinski definition) is 0. The van der Waals surface area contributed by atoms with Gasteiger partial charge in [0.25, 0.3) is 0 Å². The van der Waals surface area contributed by atoms with Crippen LogP contribution in [-0.2, 0) is 6.18 Å². The number of aromatic nitrogens is 4. The summed E-state index contributed by atoms with van der Waals surface area (Å²) in [6.07, 6.45) is -2.55. The topological polar surface area (TPSA) is 43.6 Å². The second-order valence-corrected chi connectivity index (χ2v) is 3.90. The quantitative estimate of drug-likeness (QED) is 0.778. The zero-order valence-electron chi connectivity index (χ0n) is 8.64. The molecular weight excluding hydrogens is 253 g/mol. The fraction of sp³-hybridized carbons (Fsp3) is 0.222. The van der Waals surface area contributed by atoms with Gasteiger partial charge in [-0.25, -0.2) is 0 Å². The van der Waals surface area contributed by atoms with Crippen molar-refractivity contribution in [3.8, 4) is 5.69 Å². The predicted molar refractivity (Wildman–Crippen MR) is 55.9 cm³/mol. The molecule has 1 aromatic carbocycles. The van der Waals surface area contributed by atoms with Gasteiger partial charge in [0.15, 0.2) is 0 Å². The van der Waals surface area contributed by atoms with E-state index >= 15 is 0 Å². The largest absolute Gasteiger partial charge is 0.416 e. The lowest BCUT2D eigenvalue weighted by atomic mass is 10.2. The summed E-state index contributed by atoms with van der Waals surface area (Å²) in [6, 6.07) is 4.67. The Labute approximate surface area is 98.8 Å². The van der Waals surface area contributed by atoms with Crippen molar-refractivity contribution < 1.29 is 13.2 Å². The smallest absolute Gasteiger partial charge is 0.188 e. The number of alkyl halides is 3. The van der Waals surface area contributed by atoms with Crippen LogP contribution in [0.15, 0.2) is 29.4 Å². The van der Waals surface area contributed by atoms with Gasteiger partial charge in [-0.2, -0.15) is 17.9 Å². The van der Waals surface area contributed by atoms with Gasteiger partial charge in [-0.3, -0.25) is 0 Å². The molecule has 8 heteroatoms. The molecule has 0 aliphatic heterocycles. The standard InChI is InChI=1S/C9H7F3N4S/c1-17-8-13-14-15-16(8)7-4-2-6(3-5-7)9(10,11)12/h2-5H,1H3. The molecule has 0 saturated carbocycles. The number of rotatable bonds is 2. The summed E-state index contributed by atoms with van der Waals surface area (Å²) >= 11 is 1.31. The van der Waals surface area contributed by atoms with E-state index in [9.17, 15) is 13.2 Å². The van der Waals surface area contributed by atoms with Crippen LogP contribution in [0.3, 0.4) is 0 Å². The Morgan fingerprint density at radius 2 is 1.82 bits per heavy atom. The summed E-state index contributed by atoms with van der Waals surface area (Å²) in [5.74, 6) is 0. The molecule has 1 aromatic heterocycles. The third-order valence-electron chi connectivity index (χ3n) is 2.06. The molecule has 0 bridgehead atoms. The van der Waals surface area contributed by atoms with Crippen molar-refractivity contribution in [3.05, 3.63) is 29.8 Å². The van der Waals surface area contributed by atoms with Crippen LogP contribution in [0, 0.1) is 0 Å². The van der Waals surface area contributed by atoms with Gasteiger partial charge in [-0.15, -0.1) is 5.10 Å². The molecule has 0 aliphatic rings. The molecule has 90 valence electrons. The van der Waals surface area contributed by atoms with Crippen LogP contribution in [0.25, 0.3) is 5.69 Å². The van der Waals surface area contributed by atoms with Crippen molar-refractivity contribution in [1.82, 2.24) is 20.2 Å². The Morgan fingerprint density at radius 3 is 2.35 bits per heavy atom. The first kappa shape index (κ1) is 11.9. The summed E-state index contributed by atoms with van der Waals surface area (Å²) in [7, 11) is 0. The summed E-state index contributed by atoms with van der Waals surface area (Å²) in [5.41, 5.74) is -0.202. The van der Waals surface area contributed by atoms with Crippen LogP contribution in [0.2, 0.25) is 0 Å². The van der Waals surface area contributed by atoms with Gasteiger partial charge < -0.3 is 0 Å². The fourth-order valence-corrected chi connectivity index (χ4v) is 1.69. The Balaban J connectivity index is 2.36. The molecule has 0 N–H and O–H groups in total. The number of tetrazole rings is 1. The van der Waals surface area contributed by atoms with Crippen LogP contribution in [-0.4, -0.2) is 26.5 Å². The SMILES string of the molecule is CSc1nnnn1-c1ccc(C(F)(F)F)cc1. The Kier molecular flexibility index (Phi) is 3.05. The lowest BCUT2D eigenvalue weighted by Gasteiger charge is -2.07. The lowest BCUT2D eigenvalue weighted by molar-refractivity contribution is -0.137. The number of halogens is 3. The highest BCUT2D eigenvalue weighted by Gasteiger charge is 2.30. The minimum absolute atomic E-state index is 0.493. The molecule has 0 aliphatic carbocycles. The summed E-state index contributed by atoms with van der Waals surface area (Å²) in [5, 5.41) is 11.4. The molecular formula is C9H7F3N4S. The van der Waals surface area contributed by atoms with Crippen molar-refractivity contribution >= 4 is 11.8 Å². The molecule has 0 spiro atoms. The zero-order chi connectivity index (χ0) is 12.5. The highest BCUT2D eigenvalue weighted by molar-refractivity contribution is 7.98. The third-order valence-corrected chi connectivity index (χ3v) is 2.68. The van der Waals surface area contributed by atoms with E-state index < -0.39 is 11.7 Å². The highest BCUT2D eigenvalue weighted by atomic mass is 32.2. The number of nitrogens with zero attached hydrogens (tertiary/aromatic N) is 4. The van der Waals surface area contributed by atoms with Gasteiger partial charge in [-0.1, -0.05) is 11.8 Å². The number of hydrogen-bond acceptors (Lipinski definition) is 4. The summed E-state index contributed by atoms with van der Waals surface area (Å²) < 4.78 is 38.4. The first-order valence-electron chi connectivity index (χ1n) is 4.52. The van der Waals surface area contributed by atoms with E-state index in [0.29, 0.717) is 10.8 Å². The van der Waals surface area contributed by atoms with E-state index in [4.69, 9.17) is 0 Å². The fourth-order valence-electron chi connectivity index (χ4n) is 1.26. The third kappa shape index (κ3) is 2.41. The summed E-state index contributed by atoms with van der Waals surface area (Å²) in [6.45, 7) is 0. The minimum atomic E-state index is -4.33. The monoisotopic (exact) mass is 260 g/mol. The van der Waals surface area contributed by atoms with Crippen LogP contribution >= 0.6 is 11.8 Å². The second-order valence-electron chi connectivity index (χ2n) is 3.12. The molecule has 0 radical (unpaired) electrons. The van der Waals surface area contributed by atoms with E-state index in [1.54, 1.807) is 6.26 Å². The molecule has 17 heavy (non-hydrogen) atoms. The molecule has 1 heterocycles. The molecule has 0 unspecified atom stereocenters. The average Bonchev–Trinajstić information content (AvgIpc) is 2.76. The normalized spacial score (nSPS) is 11.8. The van der Waals surface area contributed by atoms with Gasteiger partial charge in [0, 0.05) is 0 Å². The van der Waals surface area contributed by atoms with Crippen LogP contribution < -0.4 is 0 Å². The summed E-state index contributed by atoms with van der Waals surface area (Å²) in [4.78, 5) is 0. The molecule has 0 fully saturated rings. The maximum Gasteiger partial charge on any atom is 0.416 e. The molecule has 0 amide bonds. The van der Waals surface area contributed by atoms with Gasteiger partial charge in [0.2, 0.25) is 5.16 Å². The Morgan fingerprint density at radius 1 is 1.18 bits per heavy atom. The number of benzene rings is 1. The van der Waals surface area contributed by atoms with E-state index in [1.807, 2.05) is 0 Å². The maximum absolute atomic E-state index is 12.4. The molecule has 0 saturated heterocycles. The zero-order valence-corrected chi connectivity index (χ0v) is 9.46. The molecule has 2 aromatic rings. The minimum Gasteiger partial charge on any atom is -0.188 e. The van der Waals surface area contributed by atoms with E-state index in [1.165, 1.54) is 28.6 Å². The van der Waals surface area contributed by atoms with E-state index in [-0.39, 0.29) is 0 Å². The van der Waals surface area contributed by atoms with Crippen LogP contribution in [0.4, 0.5) is 13.2 Å². The van der Waals surface area contributed by atoms with E-state index in [0.717, 1.165) is 12.1 Å². The van der Waals surface area contributed by atoms with E-state index in [2.05, 4.69) is 15.5 Å². The molecule has 4 nitrogen and oxygen atoms in total. The van der Waals surface area contributed by atoms with Crippen molar-refractivity contribution in [2.45, 2.75) is 11.3 Å². The maximum atomic E-state index is 12.4. The van der Waals surface area contributed by atoms with Crippen molar-refractivity contribution in [3.63, 3.8) is 0 Å². The predicted octanol–water partition coefficient (Wildman–Crippen LogP) is 2.40. The van der Waals surface area contributed by atoms with Gasteiger partial charge in [0.05, 0.1) is 11.3 Å². The molecule has 0 atom stereocenters. The van der Waals surface area contributed by atoms with Crippen molar-refractivity contribution in [2.24, 2.45) is 0 Å². The Hall–Kier alpha value is -1.57. The van der Waals surface area contributed by atoms with Gasteiger partial charge in [0.1, 0.15) is 0 Å². The number of thioether (sulfide) groups is 1. The lowest BCUT2D eigenvalue weighted by Crippen LogP contribution is -2.05. The molecule has 2 rings (SSSR count). The highest BCUT2D eigenvalue weighted by Crippen LogP contribution is 2.29. The van der Waals surface area contributed by atoms with Crippen LogP contribution in [0.1, 0.15) is 5.56 Å². The van der Waals surface area contributed by atoms with Crippen molar-refractivity contribution in [1.29, 1.82) is 0 Å². The van der Waals surface area contributed by atoms with Gasteiger partial charge in [-0.05, 0) is 40.9 Å². The first-order chi connectivity index (χ1) is 8.02. The van der Waals surface area contributed by atoms with Crippen LogP contribution in [0.5, 0.6) is 0 Å².